The topological polar surface area (TPSA) is 61.8 Å². The van der Waals surface area contributed by atoms with Crippen molar-refractivity contribution in [3.8, 4) is 0 Å². The molecule has 0 spiro atoms. The lowest BCUT2D eigenvalue weighted by Gasteiger charge is -2.39. The Morgan fingerprint density at radius 2 is 2.00 bits per heavy atom. The number of hydrogen-bond donors (Lipinski definition) is 1. The van der Waals surface area contributed by atoms with Crippen LogP contribution >= 0.6 is 47.3 Å². The molecule has 1 aromatic carbocycles. The Bertz CT molecular complexity index is 694. The molecule has 0 aliphatic carbocycles. The van der Waals surface area contributed by atoms with Gasteiger partial charge in [-0.15, -0.1) is 24.0 Å². The van der Waals surface area contributed by atoms with Crippen molar-refractivity contribution in [2.45, 2.75) is 23.5 Å². The number of sulfone groups is 1. The zero-order valence-electron chi connectivity index (χ0n) is 14.7. The zero-order chi connectivity index (χ0) is 17.8. The highest BCUT2D eigenvalue weighted by Crippen LogP contribution is 2.29. The Balaban J connectivity index is 0.00000312. The maximum Gasteiger partial charge on any atom is 0.193 e. The first-order valence-electron chi connectivity index (χ1n) is 7.81. The molecular weight excluding hydrogens is 493 g/mol. The monoisotopic (exact) mass is 517 g/mol. The second-order valence-electron chi connectivity index (χ2n) is 6.28. The van der Waals surface area contributed by atoms with Crippen molar-refractivity contribution in [3.05, 3.63) is 29.3 Å². The minimum absolute atomic E-state index is 0. The van der Waals surface area contributed by atoms with Crippen LogP contribution in [0.25, 0.3) is 0 Å². The van der Waals surface area contributed by atoms with Crippen molar-refractivity contribution < 1.29 is 8.42 Å². The molecule has 1 aliphatic rings. The van der Waals surface area contributed by atoms with E-state index in [2.05, 4.69) is 29.1 Å². The van der Waals surface area contributed by atoms with Gasteiger partial charge in [-0.25, -0.2) is 8.42 Å². The lowest BCUT2D eigenvalue weighted by molar-refractivity contribution is 0.377. The van der Waals surface area contributed by atoms with Crippen LogP contribution in [0.3, 0.4) is 0 Å². The van der Waals surface area contributed by atoms with E-state index >= 15 is 0 Å². The van der Waals surface area contributed by atoms with E-state index in [0.29, 0.717) is 16.5 Å². The molecule has 25 heavy (non-hydrogen) atoms. The van der Waals surface area contributed by atoms with Crippen LogP contribution in [-0.4, -0.2) is 62.2 Å². The van der Waals surface area contributed by atoms with Gasteiger partial charge in [0.05, 0.1) is 10.6 Å². The molecule has 0 amide bonds. The highest BCUT2D eigenvalue weighted by Gasteiger charge is 2.28. The Hall–Kier alpha value is -0.190. The number of thioether (sulfide) groups is 1. The summed E-state index contributed by atoms with van der Waals surface area (Å²) in [5.41, 5.74) is 0. The van der Waals surface area contributed by atoms with Crippen LogP contribution in [0.2, 0.25) is 5.02 Å². The van der Waals surface area contributed by atoms with E-state index in [1.807, 2.05) is 11.8 Å². The number of benzene rings is 1. The summed E-state index contributed by atoms with van der Waals surface area (Å²) in [6, 6.07) is 6.26. The van der Waals surface area contributed by atoms with E-state index in [1.54, 1.807) is 19.2 Å². The molecule has 1 aromatic rings. The van der Waals surface area contributed by atoms with Crippen molar-refractivity contribution in [2.75, 3.05) is 38.2 Å². The van der Waals surface area contributed by atoms with Crippen LogP contribution in [0.4, 0.5) is 0 Å². The first-order valence-corrected chi connectivity index (χ1v) is 10.8. The van der Waals surface area contributed by atoms with Crippen molar-refractivity contribution in [3.63, 3.8) is 0 Å². The quantitative estimate of drug-likeness (QED) is 0.378. The standard InChI is InChI=1S/C16H24ClN3O2S2.HI/c1-16(2)12-20(9-10-23-16)15(18-3)19-8-11-24(21,22)14-6-4-13(17)5-7-14;/h4-7H,8-12H2,1-3H3,(H,18,19);1H. The molecule has 1 aliphatic heterocycles. The van der Waals surface area contributed by atoms with E-state index in [0.717, 1.165) is 24.8 Å². The molecule has 1 heterocycles. The molecule has 0 saturated carbocycles. The number of halogens is 2. The minimum Gasteiger partial charge on any atom is -0.355 e. The summed E-state index contributed by atoms with van der Waals surface area (Å²) in [6.45, 7) is 6.55. The minimum atomic E-state index is -3.33. The summed E-state index contributed by atoms with van der Waals surface area (Å²) in [5, 5.41) is 3.70. The average molecular weight is 518 g/mol. The molecule has 1 fully saturated rings. The molecule has 142 valence electrons. The van der Waals surface area contributed by atoms with Gasteiger partial charge in [0.1, 0.15) is 0 Å². The van der Waals surface area contributed by atoms with E-state index in [-0.39, 0.29) is 34.5 Å². The normalized spacial score (nSPS) is 17.8. The van der Waals surface area contributed by atoms with E-state index in [4.69, 9.17) is 11.6 Å². The second-order valence-corrected chi connectivity index (χ2v) is 10.6. The summed E-state index contributed by atoms with van der Waals surface area (Å²) in [7, 11) is -1.61. The number of nitrogens with one attached hydrogen (secondary N) is 1. The predicted octanol–water partition coefficient (Wildman–Crippen LogP) is 3.13. The van der Waals surface area contributed by atoms with Gasteiger partial charge < -0.3 is 10.2 Å². The van der Waals surface area contributed by atoms with Crippen LogP contribution < -0.4 is 5.32 Å². The van der Waals surface area contributed by atoms with Gasteiger partial charge in [0.2, 0.25) is 0 Å². The summed E-state index contributed by atoms with van der Waals surface area (Å²) < 4.78 is 24.9. The third-order valence-electron chi connectivity index (χ3n) is 3.76. The van der Waals surface area contributed by atoms with Gasteiger partial charge in [-0.05, 0) is 38.1 Å². The van der Waals surface area contributed by atoms with E-state index in [1.165, 1.54) is 12.1 Å². The first-order chi connectivity index (χ1) is 11.2. The number of rotatable bonds is 4. The highest BCUT2D eigenvalue weighted by atomic mass is 127. The summed E-state index contributed by atoms with van der Waals surface area (Å²) in [5.74, 6) is 1.81. The van der Waals surface area contributed by atoms with Crippen LogP contribution in [0.5, 0.6) is 0 Å². The lowest BCUT2D eigenvalue weighted by atomic mass is 10.2. The Labute approximate surface area is 176 Å². The number of guanidine groups is 1. The largest absolute Gasteiger partial charge is 0.355 e. The Morgan fingerprint density at radius 3 is 2.56 bits per heavy atom. The first kappa shape index (κ1) is 22.9. The smallest absolute Gasteiger partial charge is 0.193 e. The maximum absolute atomic E-state index is 12.4. The lowest BCUT2D eigenvalue weighted by Crippen LogP contribution is -2.51. The molecule has 1 saturated heterocycles. The van der Waals surface area contributed by atoms with E-state index < -0.39 is 9.84 Å². The number of nitrogens with zero attached hydrogens (tertiary/aromatic N) is 2. The maximum atomic E-state index is 12.4. The Morgan fingerprint density at radius 1 is 1.36 bits per heavy atom. The van der Waals surface area contributed by atoms with Crippen LogP contribution in [0, 0.1) is 0 Å². The molecule has 0 aromatic heterocycles. The van der Waals surface area contributed by atoms with Gasteiger partial charge in [-0.2, -0.15) is 11.8 Å². The molecule has 5 nitrogen and oxygen atoms in total. The number of aliphatic imine (C=N–C) groups is 1. The molecule has 0 unspecified atom stereocenters. The molecule has 1 N–H and O–H groups in total. The fraction of sp³-hybridized carbons (Fsp3) is 0.562. The highest BCUT2D eigenvalue weighted by molar-refractivity contribution is 14.0. The SMILES string of the molecule is CN=C(NCCS(=O)(=O)c1ccc(Cl)cc1)N1CCSC(C)(C)C1.I. The Kier molecular flexibility index (Phi) is 8.83. The fourth-order valence-electron chi connectivity index (χ4n) is 2.59. The zero-order valence-corrected chi connectivity index (χ0v) is 19.4. The van der Waals surface area contributed by atoms with Crippen LogP contribution in [0.1, 0.15) is 13.8 Å². The molecule has 0 radical (unpaired) electrons. The van der Waals surface area contributed by atoms with Gasteiger partial charge in [0.15, 0.2) is 15.8 Å². The second kappa shape index (κ2) is 9.66. The molecular formula is C16H25ClIN3O2S2. The molecule has 0 atom stereocenters. The summed E-state index contributed by atoms with van der Waals surface area (Å²) in [6.07, 6.45) is 0. The van der Waals surface area contributed by atoms with Crippen LogP contribution in [0.15, 0.2) is 34.2 Å². The summed E-state index contributed by atoms with van der Waals surface area (Å²) in [4.78, 5) is 6.77. The third kappa shape index (κ3) is 6.80. The van der Waals surface area contributed by atoms with Gasteiger partial charge in [-0.3, -0.25) is 4.99 Å². The van der Waals surface area contributed by atoms with Crippen molar-refractivity contribution in [2.24, 2.45) is 4.99 Å². The molecule has 9 heteroatoms. The number of hydrogen-bond acceptors (Lipinski definition) is 4. The van der Waals surface area contributed by atoms with Gasteiger partial charge in [0, 0.05) is 42.2 Å². The van der Waals surface area contributed by atoms with Gasteiger partial charge in [0.25, 0.3) is 0 Å². The third-order valence-corrected chi connectivity index (χ3v) is 7.04. The van der Waals surface area contributed by atoms with Crippen molar-refractivity contribution >= 4 is 63.1 Å². The predicted molar refractivity (Wildman–Crippen MR) is 118 cm³/mol. The van der Waals surface area contributed by atoms with Crippen molar-refractivity contribution in [1.29, 1.82) is 0 Å². The van der Waals surface area contributed by atoms with Crippen LogP contribution in [-0.2, 0) is 9.84 Å². The molecule has 0 bridgehead atoms. The van der Waals surface area contributed by atoms with Crippen molar-refractivity contribution in [1.82, 2.24) is 10.2 Å². The molecule has 2 rings (SSSR count). The van der Waals surface area contributed by atoms with E-state index in [9.17, 15) is 8.42 Å². The average Bonchev–Trinajstić information content (AvgIpc) is 2.51. The van der Waals surface area contributed by atoms with Gasteiger partial charge in [-0.1, -0.05) is 11.6 Å². The van der Waals surface area contributed by atoms with Gasteiger partial charge >= 0.3 is 0 Å². The summed E-state index contributed by atoms with van der Waals surface area (Å²) >= 11 is 7.75. The fourth-order valence-corrected chi connectivity index (χ4v) is 4.98.